The second kappa shape index (κ2) is 5.68. The maximum Gasteiger partial charge on any atom is 0.120 e. The summed E-state index contributed by atoms with van der Waals surface area (Å²) in [6.07, 6.45) is 1.23. The molecule has 3 heteroatoms. The van der Waals surface area contributed by atoms with Gasteiger partial charge in [0, 0.05) is 5.54 Å². The van der Waals surface area contributed by atoms with E-state index in [2.05, 4.69) is 0 Å². The minimum absolute atomic E-state index is 0.437. The van der Waals surface area contributed by atoms with Crippen molar-refractivity contribution in [2.75, 3.05) is 6.61 Å². The second-order valence-electron chi connectivity index (χ2n) is 2.92. The third-order valence-corrected chi connectivity index (χ3v) is 1.95. The molecule has 1 aromatic rings. The molecule has 76 valence electrons. The molecule has 1 rings (SSSR count). The summed E-state index contributed by atoms with van der Waals surface area (Å²) in [4.78, 5) is 0. The van der Waals surface area contributed by atoms with Crippen molar-refractivity contribution < 1.29 is 9.84 Å². The van der Waals surface area contributed by atoms with Gasteiger partial charge < -0.3 is 9.84 Å². The maximum absolute atomic E-state index is 9.33. The van der Waals surface area contributed by atoms with E-state index < -0.39 is 6.10 Å². The zero-order chi connectivity index (χ0) is 10.4. The average Bonchev–Trinajstić information content (AvgIpc) is 2.19. The van der Waals surface area contributed by atoms with Gasteiger partial charge in [-0.1, -0.05) is 23.7 Å². The van der Waals surface area contributed by atoms with Crippen molar-refractivity contribution in [3.63, 3.8) is 0 Å². The molecule has 2 nitrogen and oxygen atoms in total. The van der Waals surface area contributed by atoms with E-state index in [1.54, 1.807) is 13.0 Å². The van der Waals surface area contributed by atoms with Gasteiger partial charge in [-0.3, -0.25) is 0 Å². The van der Waals surface area contributed by atoms with Crippen LogP contribution in [0.15, 0.2) is 35.9 Å². The fourth-order valence-corrected chi connectivity index (χ4v) is 1.12. The zero-order valence-corrected chi connectivity index (χ0v) is 8.74. The van der Waals surface area contributed by atoms with Crippen LogP contribution in [0.4, 0.5) is 0 Å². The highest BCUT2D eigenvalue weighted by atomic mass is 35.5. The lowest BCUT2D eigenvalue weighted by atomic mass is 10.1. The number of benzene rings is 1. The molecule has 1 atom stereocenters. The topological polar surface area (TPSA) is 29.5 Å². The molecule has 0 heterocycles. The first-order valence-electron chi connectivity index (χ1n) is 4.40. The highest BCUT2D eigenvalue weighted by Crippen LogP contribution is 2.18. The number of ether oxygens (including phenoxy) is 1. The lowest BCUT2D eigenvalue weighted by molar-refractivity contribution is 0.198. The molecule has 0 aromatic heterocycles. The van der Waals surface area contributed by atoms with Crippen molar-refractivity contribution in [3.05, 3.63) is 41.4 Å². The number of halogens is 1. The van der Waals surface area contributed by atoms with Crippen LogP contribution in [0.3, 0.4) is 0 Å². The maximum atomic E-state index is 9.33. The Hall–Kier alpha value is -0.990. The van der Waals surface area contributed by atoms with Gasteiger partial charge in [-0.2, -0.15) is 0 Å². The van der Waals surface area contributed by atoms with Crippen molar-refractivity contribution in [1.82, 2.24) is 0 Å². The van der Waals surface area contributed by atoms with Gasteiger partial charge in [0.1, 0.15) is 12.4 Å². The first-order valence-corrected chi connectivity index (χ1v) is 4.83. The van der Waals surface area contributed by atoms with Gasteiger partial charge in [0.05, 0.1) is 6.10 Å². The van der Waals surface area contributed by atoms with Crippen molar-refractivity contribution in [1.29, 1.82) is 0 Å². The predicted octanol–water partition coefficient (Wildman–Crippen LogP) is 2.87. The van der Waals surface area contributed by atoms with Gasteiger partial charge in [-0.15, -0.1) is 0 Å². The van der Waals surface area contributed by atoms with E-state index >= 15 is 0 Å². The van der Waals surface area contributed by atoms with Gasteiger partial charge in [-0.05, 0) is 30.7 Å². The number of hydrogen-bond donors (Lipinski definition) is 1. The van der Waals surface area contributed by atoms with E-state index in [9.17, 15) is 5.11 Å². The number of hydrogen-bond acceptors (Lipinski definition) is 2. The smallest absolute Gasteiger partial charge is 0.120 e. The highest BCUT2D eigenvalue weighted by Gasteiger charge is 2.01. The Morgan fingerprint density at radius 3 is 3.00 bits per heavy atom. The van der Waals surface area contributed by atoms with Gasteiger partial charge >= 0.3 is 0 Å². The molecule has 1 N–H and O–H groups in total. The summed E-state index contributed by atoms with van der Waals surface area (Å²) >= 11 is 5.35. The quantitative estimate of drug-likeness (QED) is 0.832. The third kappa shape index (κ3) is 3.40. The average molecular weight is 213 g/mol. The first-order chi connectivity index (χ1) is 6.74. The van der Waals surface area contributed by atoms with E-state index in [4.69, 9.17) is 16.3 Å². The normalized spacial score (nSPS) is 13.1. The van der Waals surface area contributed by atoms with Gasteiger partial charge in [-0.25, -0.2) is 0 Å². The van der Waals surface area contributed by atoms with Crippen LogP contribution in [0.2, 0.25) is 0 Å². The van der Waals surface area contributed by atoms with Gasteiger partial charge in [0.2, 0.25) is 0 Å². The molecule has 0 radical (unpaired) electrons. The molecule has 0 aliphatic rings. The van der Waals surface area contributed by atoms with Crippen LogP contribution in [-0.2, 0) is 0 Å². The van der Waals surface area contributed by atoms with Crippen LogP contribution >= 0.6 is 11.6 Å². The van der Waals surface area contributed by atoms with Gasteiger partial charge in [0.25, 0.3) is 0 Å². The standard InChI is InChI=1S/C11H13ClO2/c1-9(13)10-4-2-5-11(8-10)14-7-3-6-12/h2-6,8-9,13H,7H2,1H3/t9-/m1/s1. The van der Waals surface area contributed by atoms with E-state index in [1.165, 1.54) is 5.54 Å². The molecule has 0 aliphatic carbocycles. The Bertz CT molecular complexity index is 308. The molecule has 14 heavy (non-hydrogen) atoms. The van der Waals surface area contributed by atoms with Crippen molar-refractivity contribution in [3.8, 4) is 5.75 Å². The Labute approximate surface area is 88.8 Å². The molecule has 0 fully saturated rings. The molecule has 0 unspecified atom stereocenters. The highest BCUT2D eigenvalue weighted by molar-refractivity contribution is 6.25. The summed E-state index contributed by atoms with van der Waals surface area (Å²) in [5.74, 6) is 0.734. The Kier molecular flexibility index (Phi) is 4.50. The van der Waals surface area contributed by atoms with E-state index in [0.29, 0.717) is 6.61 Å². The Morgan fingerprint density at radius 1 is 1.57 bits per heavy atom. The van der Waals surface area contributed by atoms with E-state index in [1.807, 2.05) is 24.3 Å². The molecule has 0 saturated heterocycles. The van der Waals surface area contributed by atoms with Gasteiger partial charge in [0.15, 0.2) is 0 Å². The summed E-state index contributed by atoms with van der Waals surface area (Å²) in [6, 6.07) is 7.36. The van der Waals surface area contributed by atoms with Crippen molar-refractivity contribution in [2.45, 2.75) is 13.0 Å². The largest absolute Gasteiger partial charge is 0.489 e. The summed E-state index contributed by atoms with van der Waals surface area (Å²) < 4.78 is 5.35. The number of aliphatic hydroxyl groups is 1. The van der Waals surface area contributed by atoms with E-state index in [0.717, 1.165) is 11.3 Å². The molecule has 0 amide bonds. The summed E-state index contributed by atoms with van der Waals surface area (Å²) in [6.45, 7) is 2.16. The Morgan fingerprint density at radius 2 is 2.36 bits per heavy atom. The minimum Gasteiger partial charge on any atom is -0.489 e. The summed E-state index contributed by atoms with van der Waals surface area (Å²) in [5, 5.41) is 9.33. The molecular formula is C11H13ClO2. The molecule has 0 spiro atoms. The molecule has 1 aromatic carbocycles. The van der Waals surface area contributed by atoms with Crippen molar-refractivity contribution in [2.24, 2.45) is 0 Å². The van der Waals surface area contributed by atoms with Crippen LogP contribution in [-0.4, -0.2) is 11.7 Å². The molecule has 0 saturated carbocycles. The second-order valence-corrected chi connectivity index (χ2v) is 3.17. The van der Waals surface area contributed by atoms with Crippen LogP contribution in [0.1, 0.15) is 18.6 Å². The summed E-state index contributed by atoms with van der Waals surface area (Å²) in [5.41, 5.74) is 2.26. The molecule has 0 bridgehead atoms. The van der Waals surface area contributed by atoms with Crippen LogP contribution in [0.25, 0.3) is 0 Å². The first kappa shape index (κ1) is 11.1. The monoisotopic (exact) mass is 212 g/mol. The van der Waals surface area contributed by atoms with Crippen LogP contribution in [0.5, 0.6) is 5.75 Å². The van der Waals surface area contributed by atoms with E-state index in [-0.39, 0.29) is 0 Å². The molecule has 0 aliphatic heterocycles. The summed E-state index contributed by atoms with van der Waals surface area (Å²) in [7, 11) is 0. The predicted molar refractivity (Wildman–Crippen MR) is 57.6 cm³/mol. The lowest BCUT2D eigenvalue weighted by Gasteiger charge is -2.07. The van der Waals surface area contributed by atoms with Crippen LogP contribution < -0.4 is 4.74 Å². The number of aliphatic hydroxyl groups excluding tert-OH is 1. The number of rotatable bonds is 4. The third-order valence-electron chi connectivity index (χ3n) is 1.78. The lowest BCUT2D eigenvalue weighted by Crippen LogP contribution is -1.95. The fourth-order valence-electron chi connectivity index (χ4n) is 1.04. The zero-order valence-electron chi connectivity index (χ0n) is 7.98. The minimum atomic E-state index is -0.470. The SMILES string of the molecule is C[C@@H](O)c1cccc(OCC=CCl)c1. The fraction of sp³-hybridized carbons (Fsp3) is 0.273. The molecular weight excluding hydrogens is 200 g/mol. The van der Waals surface area contributed by atoms with Crippen LogP contribution in [0, 0.1) is 0 Å². The Balaban J connectivity index is 2.64. The van der Waals surface area contributed by atoms with Crippen molar-refractivity contribution >= 4 is 11.6 Å².